The second-order valence-corrected chi connectivity index (χ2v) is 10.1. The molecule has 192 valence electrons. The maximum Gasteiger partial charge on any atom is 0.336 e. The van der Waals surface area contributed by atoms with E-state index < -0.39 is 23.4 Å². The lowest BCUT2D eigenvalue weighted by Crippen LogP contribution is -2.17. The fourth-order valence-corrected chi connectivity index (χ4v) is 4.83. The Labute approximate surface area is 229 Å². The maximum absolute atomic E-state index is 12.6. The van der Waals surface area contributed by atoms with Crippen LogP contribution in [0.2, 0.25) is 5.02 Å². The van der Waals surface area contributed by atoms with Crippen LogP contribution >= 0.6 is 34.7 Å². The SMILES string of the molecule is O=C(CSc1ccc(NC(=O)c2ccc(C(=O)O)cc2C(=O)O)cc1)Nc1nc(-c2ccc(Cl)cc2)cs1. The molecule has 2 amide bonds. The number of hydrogen-bond donors (Lipinski definition) is 4. The molecule has 4 N–H and O–H groups in total. The van der Waals surface area contributed by atoms with E-state index in [2.05, 4.69) is 15.6 Å². The molecule has 3 aromatic carbocycles. The minimum atomic E-state index is -1.41. The number of carboxylic acid groups (broad SMARTS) is 2. The van der Waals surface area contributed by atoms with Gasteiger partial charge in [0, 0.05) is 26.5 Å². The lowest BCUT2D eigenvalue weighted by atomic mass is 10.0. The van der Waals surface area contributed by atoms with E-state index in [0.29, 0.717) is 15.8 Å². The number of nitrogens with zero attached hydrogens (tertiary/aromatic N) is 1. The lowest BCUT2D eigenvalue weighted by molar-refractivity contribution is -0.113. The Balaban J connectivity index is 1.32. The molecule has 0 aliphatic rings. The monoisotopic (exact) mass is 567 g/mol. The number of amides is 2. The summed E-state index contributed by atoms with van der Waals surface area (Å²) in [5.74, 6) is -3.49. The van der Waals surface area contributed by atoms with Crippen LogP contribution in [-0.4, -0.2) is 44.7 Å². The van der Waals surface area contributed by atoms with Crippen molar-refractivity contribution < 1.29 is 29.4 Å². The molecule has 1 aromatic heterocycles. The van der Waals surface area contributed by atoms with Crippen LogP contribution in [0.3, 0.4) is 0 Å². The van der Waals surface area contributed by atoms with Crippen LogP contribution in [-0.2, 0) is 4.79 Å². The zero-order chi connectivity index (χ0) is 27.2. The maximum atomic E-state index is 12.6. The second-order valence-electron chi connectivity index (χ2n) is 7.73. The average Bonchev–Trinajstić information content (AvgIpc) is 3.36. The molecule has 0 radical (unpaired) electrons. The lowest BCUT2D eigenvalue weighted by Gasteiger charge is -2.09. The quantitative estimate of drug-likeness (QED) is 0.184. The van der Waals surface area contributed by atoms with Crippen LogP contribution in [0.25, 0.3) is 11.3 Å². The van der Waals surface area contributed by atoms with Crippen LogP contribution in [0, 0.1) is 0 Å². The summed E-state index contributed by atoms with van der Waals surface area (Å²) in [5.41, 5.74) is 1.21. The number of benzene rings is 3. The Hall–Kier alpha value is -4.19. The number of hydrogen-bond acceptors (Lipinski definition) is 7. The smallest absolute Gasteiger partial charge is 0.336 e. The average molecular weight is 568 g/mol. The number of nitrogens with one attached hydrogen (secondary N) is 2. The van der Waals surface area contributed by atoms with Gasteiger partial charge in [-0.3, -0.25) is 9.59 Å². The Morgan fingerprint density at radius 2 is 1.58 bits per heavy atom. The number of carboxylic acids is 2. The van der Waals surface area contributed by atoms with E-state index in [-0.39, 0.29) is 22.8 Å². The van der Waals surface area contributed by atoms with Crippen molar-refractivity contribution in [2.24, 2.45) is 0 Å². The van der Waals surface area contributed by atoms with Gasteiger partial charge in [0.1, 0.15) is 0 Å². The van der Waals surface area contributed by atoms with Crippen LogP contribution in [0.15, 0.2) is 77.0 Å². The number of aromatic nitrogens is 1. The predicted octanol–water partition coefficient (Wildman–Crippen LogP) is 5.84. The molecule has 1 heterocycles. The van der Waals surface area contributed by atoms with Crippen molar-refractivity contribution in [3.8, 4) is 11.3 Å². The number of halogens is 1. The topological polar surface area (TPSA) is 146 Å². The Morgan fingerprint density at radius 3 is 2.24 bits per heavy atom. The van der Waals surface area contributed by atoms with Gasteiger partial charge in [0.15, 0.2) is 5.13 Å². The van der Waals surface area contributed by atoms with Crippen molar-refractivity contribution in [2.75, 3.05) is 16.4 Å². The molecule has 4 aromatic rings. The van der Waals surface area contributed by atoms with Crippen molar-refractivity contribution in [1.82, 2.24) is 4.98 Å². The van der Waals surface area contributed by atoms with Gasteiger partial charge in [-0.1, -0.05) is 23.7 Å². The van der Waals surface area contributed by atoms with E-state index in [1.54, 1.807) is 36.4 Å². The van der Waals surface area contributed by atoms with Gasteiger partial charge in [-0.05, 0) is 54.6 Å². The highest BCUT2D eigenvalue weighted by Crippen LogP contribution is 2.27. The van der Waals surface area contributed by atoms with Gasteiger partial charge in [0.05, 0.1) is 28.1 Å². The first-order valence-corrected chi connectivity index (χ1v) is 13.1. The molecule has 0 saturated heterocycles. The molecule has 12 heteroatoms. The van der Waals surface area contributed by atoms with Gasteiger partial charge in [0.25, 0.3) is 5.91 Å². The fourth-order valence-electron chi connectivity index (χ4n) is 3.27. The molecule has 0 aliphatic heterocycles. The number of carbonyl (C=O) groups is 4. The second kappa shape index (κ2) is 11.9. The molecule has 0 spiro atoms. The molecule has 38 heavy (non-hydrogen) atoms. The highest BCUT2D eigenvalue weighted by Gasteiger charge is 2.19. The highest BCUT2D eigenvalue weighted by molar-refractivity contribution is 8.00. The molecule has 9 nitrogen and oxygen atoms in total. The van der Waals surface area contributed by atoms with E-state index in [0.717, 1.165) is 28.3 Å². The third-order valence-electron chi connectivity index (χ3n) is 5.11. The van der Waals surface area contributed by atoms with Gasteiger partial charge in [-0.15, -0.1) is 23.1 Å². The zero-order valence-corrected chi connectivity index (χ0v) is 21.7. The van der Waals surface area contributed by atoms with Crippen LogP contribution < -0.4 is 10.6 Å². The molecule has 0 bridgehead atoms. The number of thiazole rings is 1. The summed E-state index contributed by atoms with van der Waals surface area (Å²) < 4.78 is 0. The van der Waals surface area contributed by atoms with Gasteiger partial charge in [-0.2, -0.15) is 0 Å². The minimum Gasteiger partial charge on any atom is -0.478 e. The van der Waals surface area contributed by atoms with Crippen molar-refractivity contribution in [3.63, 3.8) is 0 Å². The Bertz CT molecular complexity index is 1520. The van der Waals surface area contributed by atoms with Crippen molar-refractivity contribution >= 4 is 69.3 Å². The molecule has 0 atom stereocenters. The van der Waals surface area contributed by atoms with Crippen LogP contribution in [0.5, 0.6) is 0 Å². The number of aromatic carboxylic acids is 2. The summed E-state index contributed by atoms with van der Waals surface area (Å²) in [7, 11) is 0. The third kappa shape index (κ3) is 6.76. The summed E-state index contributed by atoms with van der Waals surface area (Å²) >= 11 is 8.52. The summed E-state index contributed by atoms with van der Waals surface area (Å²) in [6.07, 6.45) is 0. The van der Waals surface area contributed by atoms with Gasteiger partial charge in [0.2, 0.25) is 5.91 Å². The summed E-state index contributed by atoms with van der Waals surface area (Å²) in [6, 6.07) is 17.2. The van der Waals surface area contributed by atoms with E-state index >= 15 is 0 Å². The van der Waals surface area contributed by atoms with Crippen molar-refractivity contribution in [3.05, 3.63) is 93.8 Å². The van der Waals surface area contributed by atoms with E-state index in [4.69, 9.17) is 16.7 Å². The minimum absolute atomic E-state index is 0.138. The van der Waals surface area contributed by atoms with E-state index in [9.17, 15) is 24.3 Å². The number of thioether (sulfide) groups is 1. The molecule has 0 aliphatic carbocycles. The van der Waals surface area contributed by atoms with Crippen molar-refractivity contribution in [1.29, 1.82) is 0 Å². The highest BCUT2D eigenvalue weighted by atomic mass is 35.5. The van der Waals surface area contributed by atoms with E-state index in [1.165, 1.54) is 29.2 Å². The molecule has 0 fully saturated rings. The molecular weight excluding hydrogens is 550 g/mol. The van der Waals surface area contributed by atoms with Gasteiger partial charge < -0.3 is 20.8 Å². The largest absolute Gasteiger partial charge is 0.478 e. The molecular formula is C26H18ClN3O6S2. The molecule has 0 saturated carbocycles. The molecule has 0 unspecified atom stereocenters. The first kappa shape index (κ1) is 26.9. The number of rotatable bonds is 9. The standard InChI is InChI=1S/C26H18ClN3O6S2/c27-16-4-1-14(2-5-16)21-12-38-26(29-21)30-22(31)13-37-18-8-6-17(7-9-18)28-23(32)19-10-3-15(24(33)34)11-20(19)25(35)36/h1-12H,13H2,(H,28,32)(H,33,34)(H,35,36)(H,29,30,31). The molecule has 4 rings (SSSR count). The number of anilines is 2. The first-order chi connectivity index (χ1) is 18.2. The number of carbonyl (C=O) groups excluding carboxylic acids is 2. The van der Waals surface area contributed by atoms with Crippen molar-refractivity contribution in [2.45, 2.75) is 4.90 Å². The van der Waals surface area contributed by atoms with Crippen LogP contribution in [0.4, 0.5) is 10.8 Å². The normalized spacial score (nSPS) is 10.6. The van der Waals surface area contributed by atoms with Crippen LogP contribution in [0.1, 0.15) is 31.1 Å². The van der Waals surface area contributed by atoms with Gasteiger partial charge in [-0.25, -0.2) is 14.6 Å². The zero-order valence-electron chi connectivity index (χ0n) is 19.3. The summed E-state index contributed by atoms with van der Waals surface area (Å²) in [5, 5.41) is 26.8. The summed E-state index contributed by atoms with van der Waals surface area (Å²) in [6.45, 7) is 0. The Kier molecular flexibility index (Phi) is 8.41. The third-order valence-corrected chi connectivity index (χ3v) is 7.14. The summed E-state index contributed by atoms with van der Waals surface area (Å²) in [4.78, 5) is 52.8. The predicted molar refractivity (Wildman–Crippen MR) is 147 cm³/mol. The van der Waals surface area contributed by atoms with Gasteiger partial charge >= 0.3 is 11.9 Å². The Morgan fingerprint density at radius 1 is 0.868 bits per heavy atom. The fraction of sp³-hybridized carbons (Fsp3) is 0.0385. The van der Waals surface area contributed by atoms with E-state index in [1.807, 2.05) is 17.5 Å². The first-order valence-electron chi connectivity index (χ1n) is 10.9.